The number of hydrogen-bond acceptors (Lipinski definition) is 4. The molecule has 11 heteroatoms. The highest BCUT2D eigenvalue weighted by Gasteiger charge is 2.34. The molecule has 0 spiro atoms. The fourth-order valence-corrected chi connectivity index (χ4v) is 2.38. The maximum atomic E-state index is 13.6. The molecule has 26 heavy (non-hydrogen) atoms. The highest BCUT2D eigenvalue weighted by atomic mass is 35.5. The van der Waals surface area contributed by atoms with Crippen LogP contribution in [0.5, 0.6) is 0 Å². The van der Waals surface area contributed by atoms with Crippen LogP contribution in [-0.2, 0) is 6.18 Å². The number of amides is 1. The number of rotatable bonds is 3. The number of benzene rings is 2. The topological polar surface area (TPSA) is 72.7 Å². The first kappa shape index (κ1) is 17.8. The van der Waals surface area contributed by atoms with Crippen molar-refractivity contribution in [3.05, 3.63) is 64.7 Å². The summed E-state index contributed by atoms with van der Waals surface area (Å²) in [6.07, 6.45) is -3.58. The Morgan fingerprint density at radius 2 is 1.92 bits per heavy atom. The highest BCUT2D eigenvalue weighted by molar-refractivity contribution is 6.30. The lowest BCUT2D eigenvalue weighted by Gasteiger charge is -2.15. The van der Waals surface area contributed by atoms with Crippen molar-refractivity contribution in [2.75, 3.05) is 5.32 Å². The van der Waals surface area contributed by atoms with E-state index >= 15 is 0 Å². The van der Waals surface area contributed by atoms with Gasteiger partial charge in [0, 0.05) is 5.02 Å². The summed E-state index contributed by atoms with van der Waals surface area (Å²) in [5.74, 6) is -1.72. The lowest BCUT2D eigenvalue weighted by Crippen LogP contribution is -2.19. The van der Waals surface area contributed by atoms with Gasteiger partial charge in [-0.05, 0) is 46.8 Å². The SMILES string of the molecule is O=C(Nc1ccc(Cl)cc1C(F)(F)F)c1cc(F)ccc1-n1cnnn1. The molecule has 1 amide bonds. The summed E-state index contributed by atoms with van der Waals surface area (Å²) in [6, 6.07) is 6.06. The number of aromatic nitrogens is 4. The minimum absolute atomic E-state index is 0.0939. The first-order valence-corrected chi connectivity index (χ1v) is 7.34. The zero-order valence-electron chi connectivity index (χ0n) is 12.6. The molecule has 0 bridgehead atoms. The van der Waals surface area contributed by atoms with E-state index in [0.717, 1.165) is 29.2 Å². The van der Waals surface area contributed by atoms with E-state index in [9.17, 15) is 22.4 Å². The molecule has 0 aliphatic heterocycles. The van der Waals surface area contributed by atoms with Gasteiger partial charge >= 0.3 is 6.18 Å². The highest BCUT2D eigenvalue weighted by Crippen LogP contribution is 2.36. The minimum Gasteiger partial charge on any atom is -0.321 e. The average Bonchev–Trinajstić information content (AvgIpc) is 3.09. The summed E-state index contributed by atoms with van der Waals surface area (Å²) in [5.41, 5.74) is -1.80. The van der Waals surface area contributed by atoms with Crippen LogP contribution in [0.4, 0.5) is 23.2 Å². The fourth-order valence-electron chi connectivity index (χ4n) is 2.21. The number of nitrogens with zero attached hydrogens (tertiary/aromatic N) is 4. The van der Waals surface area contributed by atoms with Gasteiger partial charge in [-0.2, -0.15) is 17.9 Å². The maximum absolute atomic E-state index is 13.6. The molecule has 1 N–H and O–H groups in total. The Morgan fingerprint density at radius 3 is 2.58 bits per heavy atom. The molecular formula is C15H8ClF4N5O. The Hall–Kier alpha value is -3.01. The van der Waals surface area contributed by atoms with Gasteiger partial charge in [0.05, 0.1) is 22.5 Å². The van der Waals surface area contributed by atoms with Gasteiger partial charge in [0.15, 0.2) is 0 Å². The van der Waals surface area contributed by atoms with Crippen molar-refractivity contribution in [3.63, 3.8) is 0 Å². The number of nitrogens with one attached hydrogen (secondary N) is 1. The standard InChI is InChI=1S/C15H8ClF4N5O/c16-8-1-3-12(11(5-8)15(18,19)20)22-14(26)10-6-9(17)2-4-13(10)25-7-21-23-24-25/h1-7H,(H,22,26). The van der Waals surface area contributed by atoms with Crippen LogP contribution >= 0.6 is 11.6 Å². The smallest absolute Gasteiger partial charge is 0.321 e. The van der Waals surface area contributed by atoms with Gasteiger partial charge in [0.25, 0.3) is 5.91 Å². The number of carbonyl (C=O) groups excluding carboxylic acids is 1. The normalized spacial score (nSPS) is 11.4. The molecule has 3 rings (SSSR count). The molecule has 1 heterocycles. The van der Waals surface area contributed by atoms with Crippen LogP contribution in [0.25, 0.3) is 5.69 Å². The second-order valence-electron chi connectivity index (χ2n) is 5.06. The van der Waals surface area contributed by atoms with Crippen molar-refractivity contribution in [3.8, 4) is 5.69 Å². The molecule has 0 atom stereocenters. The molecule has 0 aliphatic rings. The zero-order valence-corrected chi connectivity index (χ0v) is 13.4. The molecule has 0 radical (unpaired) electrons. The third-order valence-corrected chi connectivity index (χ3v) is 3.57. The second kappa shape index (κ2) is 6.71. The quantitative estimate of drug-likeness (QED) is 0.697. The molecule has 1 aromatic heterocycles. The van der Waals surface area contributed by atoms with Gasteiger partial charge < -0.3 is 5.32 Å². The van der Waals surface area contributed by atoms with Gasteiger partial charge in [0.2, 0.25) is 0 Å². The molecule has 6 nitrogen and oxygen atoms in total. The Labute approximate surface area is 148 Å². The average molecular weight is 386 g/mol. The van der Waals surface area contributed by atoms with Crippen molar-refractivity contribution >= 4 is 23.2 Å². The Kier molecular flexibility index (Phi) is 4.60. The number of tetrazole rings is 1. The molecule has 0 saturated carbocycles. The lowest BCUT2D eigenvalue weighted by atomic mass is 10.1. The van der Waals surface area contributed by atoms with E-state index < -0.39 is 29.2 Å². The summed E-state index contributed by atoms with van der Waals surface area (Å²) in [6.45, 7) is 0. The van der Waals surface area contributed by atoms with Crippen LogP contribution in [0.15, 0.2) is 42.7 Å². The number of anilines is 1. The predicted molar refractivity (Wildman–Crippen MR) is 83.5 cm³/mol. The van der Waals surface area contributed by atoms with E-state index in [-0.39, 0.29) is 16.3 Å². The van der Waals surface area contributed by atoms with E-state index in [1.54, 1.807) is 0 Å². The Morgan fingerprint density at radius 1 is 1.15 bits per heavy atom. The second-order valence-corrected chi connectivity index (χ2v) is 5.49. The summed E-state index contributed by atoms with van der Waals surface area (Å²) in [4.78, 5) is 12.5. The van der Waals surface area contributed by atoms with E-state index in [0.29, 0.717) is 6.07 Å². The number of halogens is 5. The van der Waals surface area contributed by atoms with Crippen LogP contribution in [-0.4, -0.2) is 26.1 Å². The van der Waals surface area contributed by atoms with Gasteiger partial charge in [-0.15, -0.1) is 5.10 Å². The molecular weight excluding hydrogens is 378 g/mol. The summed E-state index contributed by atoms with van der Waals surface area (Å²) in [5, 5.41) is 12.4. The third kappa shape index (κ3) is 3.64. The van der Waals surface area contributed by atoms with E-state index in [1.807, 2.05) is 0 Å². The van der Waals surface area contributed by atoms with Gasteiger partial charge in [-0.25, -0.2) is 4.39 Å². The van der Waals surface area contributed by atoms with Gasteiger partial charge in [-0.3, -0.25) is 4.79 Å². The van der Waals surface area contributed by atoms with Crippen molar-refractivity contribution in [1.29, 1.82) is 0 Å². The van der Waals surface area contributed by atoms with Crippen LogP contribution in [0.2, 0.25) is 5.02 Å². The number of hydrogen-bond donors (Lipinski definition) is 1. The van der Waals surface area contributed by atoms with Crippen LogP contribution < -0.4 is 5.32 Å². The summed E-state index contributed by atoms with van der Waals surface area (Å²) in [7, 11) is 0. The zero-order chi connectivity index (χ0) is 18.9. The minimum atomic E-state index is -4.74. The largest absolute Gasteiger partial charge is 0.418 e. The molecule has 0 saturated heterocycles. The summed E-state index contributed by atoms with van der Waals surface area (Å²) < 4.78 is 54.1. The molecule has 0 aliphatic carbocycles. The van der Waals surface area contributed by atoms with Crippen molar-refractivity contribution in [2.24, 2.45) is 0 Å². The first-order valence-electron chi connectivity index (χ1n) is 6.97. The van der Waals surface area contributed by atoms with E-state index in [1.165, 1.54) is 12.1 Å². The van der Waals surface area contributed by atoms with E-state index in [2.05, 4.69) is 20.8 Å². The number of carbonyl (C=O) groups is 1. The number of alkyl halides is 3. The van der Waals surface area contributed by atoms with Crippen molar-refractivity contribution in [2.45, 2.75) is 6.18 Å². The third-order valence-electron chi connectivity index (χ3n) is 3.33. The van der Waals surface area contributed by atoms with Crippen molar-refractivity contribution < 1.29 is 22.4 Å². The lowest BCUT2D eigenvalue weighted by molar-refractivity contribution is -0.136. The monoisotopic (exact) mass is 385 g/mol. The van der Waals surface area contributed by atoms with Crippen LogP contribution in [0, 0.1) is 5.82 Å². The molecule has 2 aromatic carbocycles. The maximum Gasteiger partial charge on any atom is 0.418 e. The Bertz CT molecular complexity index is 959. The molecule has 3 aromatic rings. The molecule has 0 unspecified atom stereocenters. The summed E-state index contributed by atoms with van der Waals surface area (Å²) >= 11 is 5.60. The van der Waals surface area contributed by atoms with Gasteiger partial charge in [0.1, 0.15) is 12.1 Å². The Balaban J connectivity index is 2.01. The van der Waals surface area contributed by atoms with Crippen LogP contribution in [0.3, 0.4) is 0 Å². The molecule has 0 fully saturated rings. The molecule has 134 valence electrons. The van der Waals surface area contributed by atoms with E-state index in [4.69, 9.17) is 11.6 Å². The fraction of sp³-hybridized carbons (Fsp3) is 0.0667. The predicted octanol–water partition coefficient (Wildman–Crippen LogP) is 3.73. The van der Waals surface area contributed by atoms with Crippen molar-refractivity contribution in [1.82, 2.24) is 20.2 Å². The van der Waals surface area contributed by atoms with Crippen LogP contribution in [0.1, 0.15) is 15.9 Å². The van der Waals surface area contributed by atoms with Gasteiger partial charge in [-0.1, -0.05) is 11.6 Å². The first-order chi connectivity index (χ1) is 12.3.